The first-order valence-corrected chi connectivity index (χ1v) is 16.9. The lowest BCUT2D eigenvalue weighted by atomic mass is 9.78. The minimum atomic E-state index is -0.268. The largest absolute Gasteiger partial charge is 0.496 e. The number of amides is 1. The Labute approximate surface area is 269 Å². The van der Waals surface area contributed by atoms with Gasteiger partial charge in [0.15, 0.2) is 0 Å². The molecule has 10 heteroatoms. The lowest BCUT2D eigenvalue weighted by Crippen LogP contribution is -2.38. The fraction of sp³-hybridized carbons (Fsp3) is 0.576. The van der Waals surface area contributed by atoms with Crippen molar-refractivity contribution >= 4 is 46.2 Å². The summed E-state index contributed by atoms with van der Waals surface area (Å²) in [6.45, 7) is 18.5. The molecule has 3 aromatic rings. The number of ether oxygens (including phenoxy) is 2. The molecule has 2 aromatic heterocycles. The van der Waals surface area contributed by atoms with E-state index < -0.39 is 0 Å². The summed E-state index contributed by atoms with van der Waals surface area (Å²) < 4.78 is 11.7. The Balaban J connectivity index is 1.47. The van der Waals surface area contributed by atoms with E-state index in [-0.39, 0.29) is 41.5 Å². The summed E-state index contributed by atoms with van der Waals surface area (Å²) in [4.78, 5) is 37.4. The zero-order valence-corrected chi connectivity index (χ0v) is 29.2. The maximum atomic E-state index is 13.1. The molecule has 1 fully saturated rings. The molecule has 4 rings (SSSR count). The van der Waals surface area contributed by atoms with Gasteiger partial charge in [-0.3, -0.25) is 9.59 Å². The van der Waals surface area contributed by atoms with Gasteiger partial charge in [-0.25, -0.2) is 9.97 Å². The number of thiazole rings is 2. The molecule has 1 aliphatic rings. The van der Waals surface area contributed by atoms with E-state index in [1.54, 1.807) is 25.4 Å². The molecular formula is C33H44ClN3O4S2. The van der Waals surface area contributed by atoms with E-state index in [1.807, 2.05) is 11.8 Å². The van der Waals surface area contributed by atoms with Crippen LogP contribution in [0, 0.1) is 6.92 Å². The van der Waals surface area contributed by atoms with Gasteiger partial charge in [0.05, 0.1) is 37.3 Å². The number of halogens is 1. The van der Waals surface area contributed by atoms with Gasteiger partial charge in [-0.15, -0.1) is 22.7 Å². The summed E-state index contributed by atoms with van der Waals surface area (Å²) in [7, 11) is 1.74. The molecule has 0 unspecified atom stereocenters. The second kappa shape index (κ2) is 13.2. The van der Waals surface area contributed by atoms with E-state index in [0.717, 1.165) is 61.6 Å². The molecule has 1 saturated heterocycles. The van der Waals surface area contributed by atoms with Crippen LogP contribution in [0.4, 0.5) is 0 Å². The number of hydrogen-bond donors (Lipinski definition) is 0. The highest BCUT2D eigenvalue weighted by molar-refractivity contribution is 7.16. The van der Waals surface area contributed by atoms with Crippen molar-refractivity contribution < 1.29 is 19.1 Å². The number of aryl methyl sites for hydroxylation is 1. The highest BCUT2D eigenvalue weighted by Crippen LogP contribution is 2.45. The fourth-order valence-corrected chi connectivity index (χ4v) is 7.88. The van der Waals surface area contributed by atoms with Crippen molar-refractivity contribution in [1.29, 1.82) is 0 Å². The topological polar surface area (TPSA) is 81.6 Å². The number of esters is 1. The average Bonchev–Trinajstić information content (AvgIpc) is 3.48. The molecule has 0 bridgehead atoms. The number of nitrogens with zero attached hydrogens (tertiary/aromatic N) is 3. The molecule has 0 saturated carbocycles. The van der Waals surface area contributed by atoms with E-state index in [1.165, 1.54) is 11.3 Å². The molecule has 3 heterocycles. The number of carbonyl (C=O) groups excluding carboxylic acids is 2. The molecule has 1 aliphatic heterocycles. The van der Waals surface area contributed by atoms with Crippen molar-refractivity contribution in [1.82, 2.24) is 14.9 Å². The first-order chi connectivity index (χ1) is 20.1. The number of likely N-dealkylation sites (tertiary alicyclic amines) is 1. The zero-order valence-electron chi connectivity index (χ0n) is 26.9. The van der Waals surface area contributed by atoms with Gasteiger partial charge in [0.25, 0.3) is 0 Å². The van der Waals surface area contributed by atoms with Gasteiger partial charge in [-0.1, -0.05) is 53.1 Å². The third kappa shape index (κ3) is 7.78. The van der Waals surface area contributed by atoms with Gasteiger partial charge in [-0.2, -0.15) is 0 Å². The highest BCUT2D eigenvalue weighted by Gasteiger charge is 2.31. The third-order valence-electron chi connectivity index (χ3n) is 7.83. The van der Waals surface area contributed by atoms with Crippen LogP contribution in [0.2, 0.25) is 4.34 Å². The number of methoxy groups -OCH3 is 1. The van der Waals surface area contributed by atoms with Crippen LogP contribution in [-0.4, -0.2) is 53.6 Å². The zero-order chi connectivity index (χ0) is 31.7. The van der Waals surface area contributed by atoms with Crippen LogP contribution in [-0.2, 0) is 38.0 Å². The minimum absolute atomic E-state index is 0.0652. The second-order valence-corrected chi connectivity index (χ2v) is 16.0. The lowest BCUT2D eigenvalue weighted by Gasteiger charge is -2.31. The van der Waals surface area contributed by atoms with Crippen molar-refractivity contribution in [2.24, 2.45) is 0 Å². The van der Waals surface area contributed by atoms with Crippen LogP contribution in [0.1, 0.15) is 98.9 Å². The fourth-order valence-electron chi connectivity index (χ4n) is 5.46. The maximum Gasteiger partial charge on any atom is 0.311 e. The molecule has 0 N–H and O–H groups in total. The second-order valence-electron chi connectivity index (χ2n) is 13.2. The Morgan fingerprint density at radius 2 is 1.60 bits per heavy atom. The quantitative estimate of drug-likeness (QED) is 0.232. The molecule has 234 valence electrons. The van der Waals surface area contributed by atoms with Gasteiger partial charge in [-0.05, 0) is 49.7 Å². The molecule has 43 heavy (non-hydrogen) atoms. The van der Waals surface area contributed by atoms with E-state index in [4.69, 9.17) is 26.1 Å². The Bertz CT molecular complexity index is 1440. The van der Waals surface area contributed by atoms with E-state index in [9.17, 15) is 9.59 Å². The van der Waals surface area contributed by atoms with Crippen molar-refractivity contribution in [3.63, 3.8) is 0 Å². The Kier molecular flexibility index (Phi) is 10.3. The van der Waals surface area contributed by atoms with Crippen LogP contribution in [0.25, 0.3) is 11.3 Å². The van der Waals surface area contributed by atoms with Gasteiger partial charge >= 0.3 is 5.97 Å². The summed E-state index contributed by atoms with van der Waals surface area (Å²) in [6.07, 6.45) is 2.11. The van der Waals surface area contributed by atoms with E-state index >= 15 is 0 Å². The monoisotopic (exact) mass is 645 g/mol. The summed E-state index contributed by atoms with van der Waals surface area (Å²) in [5.41, 5.74) is 4.65. The van der Waals surface area contributed by atoms with Gasteiger partial charge in [0.2, 0.25) is 5.91 Å². The Hall–Kier alpha value is -2.49. The number of hydrogen-bond acceptors (Lipinski definition) is 8. The number of benzene rings is 1. The molecular weight excluding hydrogens is 602 g/mol. The number of piperidine rings is 1. The van der Waals surface area contributed by atoms with Crippen LogP contribution in [0.5, 0.6) is 5.75 Å². The minimum Gasteiger partial charge on any atom is -0.496 e. The molecule has 0 aliphatic carbocycles. The highest BCUT2D eigenvalue weighted by atomic mass is 35.5. The molecule has 7 nitrogen and oxygen atoms in total. The molecule has 1 amide bonds. The van der Waals surface area contributed by atoms with Crippen molar-refractivity contribution in [3.8, 4) is 17.0 Å². The van der Waals surface area contributed by atoms with Crippen molar-refractivity contribution in [2.75, 3.05) is 26.8 Å². The summed E-state index contributed by atoms with van der Waals surface area (Å²) in [6, 6.07) is 4.36. The number of carbonyl (C=O) groups is 2. The third-order valence-corrected chi connectivity index (χ3v) is 10.4. The molecule has 1 aromatic carbocycles. The Morgan fingerprint density at radius 3 is 2.14 bits per heavy atom. The number of rotatable bonds is 8. The molecule has 0 spiro atoms. The molecule has 0 radical (unpaired) electrons. The smallest absolute Gasteiger partial charge is 0.311 e. The van der Waals surface area contributed by atoms with Crippen LogP contribution < -0.4 is 4.74 Å². The van der Waals surface area contributed by atoms with Crippen molar-refractivity contribution in [3.05, 3.63) is 48.2 Å². The number of aromatic nitrogens is 2. The maximum absolute atomic E-state index is 13.1. The predicted molar refractivity (Wildman–Crippen MR) is 176 cm³/mol. The van der Waals surface area contributed by atoms with E-state index in [2.05, 4.69) is 58.7 Å². The SMILES string of the molecule is CCOC(=O)Cc1sc(CC(=O)N2CCC(c3nc(-c4cc(C(C)(C)C)c(OC)c(C(C)(C)C)c4)c(Cl)s3)CC2)nc1C. The van der Waals surface area contributed by atoms with Gasteiger partial charge in [0.1, 0.15) is 20.8 Å². The summed E-state index contributed by atoms with van der Waals surface area (Å²) in [5, 5.41) is 1.76. The predicted octanol–water partition coefficient (Wildman–Crippen LogP) is 7.89. The first-order valence-electron chi connectivity index (χ1n) is 14.9. The van der Waals surface area contributed by atoms with Crippen LogP contribution >= 0.6 is 34.3 Å². The summed E-state index contributed by atoms with van der Waals surface area (Å²) >= 11 is 9.84. The Morgan fingerprint density at radius 1 is 1.00 bits per heavy atom. The van der Waals surface area contributed by atoms with Crippen molar-refractivity contribution in [2.45, 2.75) is 97.8 Å². The standard InChI is InChI=1S/C33H44ClN3O4S2/c1-10-41-27(39)17-24-19(2)35-25(42-24)18-26(38)37-13-11-20(12-14-37)31-36-28(30(34)43-31)21-15-22(32(3,4)5)29(40-9)23(16-21)33(6,7)8/h15-16,20H,10-14,17-18H2,1-9H3. The first kappa shape index (κ1) is 33.4. The van der Waals surface area contributed by atoms with Gasteiger partial charge in [0, 0.05) is 40.6 Å². The van der Waals surface area contributed by atoms with Crippen LogP contribution in [0.3, 0.4) is 0 Å². The van der Waals surface area contributed by atoms with Gasteiger partial charge < -0.3 is 14.4 Å². The lowest BCUT2D eigenvalue weighted by molar-refractivity contribution is -0.142. The summed E-state index contributed by atoms with van der Waals surface area (Å²) in [5.74, 6) is 0.975. The van der Waals surface area contributed by atoms with E-state index in [0.29, 0.717) is 24.0 Å². The van der Waals surface area contributed by atoms with Crippen LogP contribution in [0.15, 0.2) is 12.1 Å². The average molecular weight is 646 g/mol. The molecule has 0 atom stereocenters. The normalized spacial score (nSPS) is 14.7.